The van der Waals surface area contributed by atoms with Crippen molar-refractivity contribution < 1.29 is 9.47 Å². The van der Waals surface area contributed by atoms with Crippen molar-refractivity contribution in [2.45, 2.75) is 32.0 Å². The summed E-state index contributed by atoms with van der Waals surface area (Å²) in [5, 5.41) is 0. The highest BCUT2D eigenvalue weighted by molar-refractivity contribution is 4.82. The molecule has 5 nitrogen and oxygen atoms in total. The number of nitrogens with zero attached hydrogens (tertiary/aromatic N) is 1. The second kappa shape index (κ2) is 6.40. The summed E-state index contributed by atoms with van der Waals surface area (Å²) in [5.74, 6) is 5.48. The first-order valence-electron chi connectivity index (χ1n) is 5.49. The van der Waals surface area contributed by atoms with E-state index in [0.29, 0.717) is 12.6 Å². The van der Waals surface area contributed by atoms with Crippen LogP contribution in [0, 0.1) is 0 Å². The van der Waals surface area contributed by atoms with E-state index in [1.807, 2.05) is 0 Å². The zero-order valence-electron chi connectivity index (χ0n) is 9.90. The van der Waals surface area contributed by atoms with Crippen LogP contribution in [-0.2, 0) is 9.47 Å². The number of nitrogens with two attached hydrogens (primary N) is 1. The number of ether oxygens (including phenoxy) is 2. The van der Waals surface area contributed by atoms with E-state index in [1.165, 1.54) is 0 Å². The standard InChI is InChI=1S/C10H23N3O2/c1-8(2)13-4-5-15-10(6-13)9(12-11)7-14-3/h8-10,12H,4-7,11H2,1-3H3. The first-order chi connectivity index (χ1) is 7.19. The number of hydrogen-bond donors (Lipinski definition) is 2. The molecule has 0 spiro atoms. The Morgan fingerprint density at radius 3 is 2.87 bits per heavy atom. The number of hydrogen-bond acceptors (Lipinski definition) is 5. The van der Waals surface area contributed by atoms with Gasteiger partial charge in [0.2, 0.25) is 0 Å². The summed E-state index contributed by atoms with van der Waals surface area (Å²) in [6.07, 6.45) is 0.117. The molecule has 2 atom stereocenters. The van der Waals surface area contributed by atoms with Gasteiger partial charge < -0.3 is 9.47 Å². The molecule has 1 rings (SSSR count). The number of morpholine rings is 1. The van der Waals surface area contributed by atoms with Crippen molar-refractivity contribution in [3.05, 3.63) is 0 Å². The van der Waals surface area contributed by atoms with E-state index in [9.17, 15) is 0 Å². The summed E-state index contributed by atoms with van der Waals surface area (Å²) in [5.41, 5.74) is 2.76. The molecule has 0 aliphatic carbocycles. The fraction of sp³-hybridized carbons (Fsp3) is 1.00. The van der Waals surface area contributed by atoms with Crippen LogP contribution < -0.4 is 11.3 Å². The largest absolute Gasteiger partial charge is 0.383 e. The van der Waals surface area contributed by atoms with Gasteiger partial charge in [0, 0.05) is 26.2 Å². The smallest absolute Gasteiger partial charge is 0.0891 e. The highest BCUT2D eigenvalue weighted by atomic mass is 16.5. The van der Waals surface area contributed by atoms with Crippen molar-refractivity contribution in [3.63, 3.8) is 0 Å². The van der Waals surface area contributed by atoms with Crippen molar-refractivity contribution in [3.8, 4) is 0 Å². The van der Waals surface area contributed by atoms with Crippen LogP contribution in [0.1, 0.15) is 13.8 Å². The summed E-state index contributed by atoms with van der Waals surface area (Å²) in [4.78, 5) is 2.40. The average molecular weight is 217 g/mol. The fourth-order valence-electron chi connectivity index (χ4n) is 1.85. The summed E-state index contributed by atoms with van der Waals surface area (Å²) >= 11 is 0. The zero-order valence-corrected chi connectivity index (χ0v) is 9.90. The van der Waals surface area contributed by atoms with Gasteiger partial charge in [0.15, 0.2) is 0 Å². The Hall–Kier alpha value is -0.200. The number of nitrogens with one attached hydrogen (secondary N) is 1. The molecule has 0 aromatic carbocycles. The van der Waals surface area contributed by atoms with Crippen LogP contribution in [0.5, 0.6) is 0 Å². The van der Waals surface area contributed by atoms with Crippen LogP contribution in [0.25, 0.3) is 0 Å². The van der Waals surface area contributed by atoms with Gasteiger partial charge in [0.25, 0.3) is 0 Å². The predicted octanol–water partition coefficient (Wildman–Crippen LogP) is -0.426. The third-order valence-electron chi connectivity index (χ3n) is 2.86. The molecular formula is C10H23N3O2. The van der Waals surface area contributed by atoms with Crippen molar-refractivity contribution in [2.24, 2.45) is 5.84 Å². The second-order valence-corrected chi connectivity index (χ2v) is 4.23. The molecule has 0 amide bonds. The quantitative estimate of drug-likeness (QED) is 0.483. The van der Waals surface area contributed by atoms with Crippen LogP contribution in [-0.4, -0.2) is 56.5 Å². The maximum absolute atomic E-state index is 5.70. The Labute approximate surface area is 91.9 Å². The van der Waals surface area contributed by atoms with Gasteiger partial charge in [-0.3, -0.25) is 16.2 Å². The lowest BCUT2D eigenvalue weighted by molar-refractivity contribution is -0.0658. The van der Waals surface area contributed by atoms with Gasteiger partial charge in [-0.1, -0.05) is 0 Å². The molecule has 0 aromatic heterocycles. The van der Waals surface area contributed by atoms with E-state index in [2.05, 4.69) is 24.2 Å². The van der Waals surface area contributed by atoms with Gasteiger partial charge in [-0.15, -0.1) is 0 Å². The normalized spacial score (nSPS) is 25.8. The predicted molar refractivity (Wildman–Crippen MR) is 59.4 cm³/mol. The first kappa shape index (κ1) is 12.9. The lowest BCUT2D eigenvalue weighted by Gasteiger charge is -2.38. The molecule has 1 heterocycles. The molecule has 1 fully saturated rings. The van der Waals surface area contributed by atoms with Gasteiger partial charge in [0.05, 0.1) is 25.4 Å². The Morgan fingerprint density at radius 1 is 1.60 bits per heavy atom. The molecule has 0 radical (unpaired) electrons. The van der Waals surface area contributed by atoms with Crippen molar-refractivity contribution in [1.29, 1.82) is 0 Å². The second-order valence-electron chi connectivity index (χ2n) is 4.23. The third kappa shape index (κ3) is 3.70. The van der Waals surface area contributed by atoms with Gasteiger partial charge in [-0.25, -0.2) is 0 Å². The van der Waals surface area contributed by atoms with Crippen LogP contribution >= 0.6 is 0 Å². The molecule has 0 bridgehead atoms. The van der Waals surface area contributed by atoms with E-state index < -0.39 is 0 Å². The maximum atomic E-state index is 5.70. The molecule has 3 N–H and O–H groups in total. The van der Waals surface area contributed by atoms with E-state index in [1.54, 1.807) is 7.11 Å². The van der Waals surface area contributed by atoms with Crippen LogP contribution in [0.4, 0.5) is 0 Å². The number of methoxy groups -OCH3 is 1. The molecule has 2 unspecified atom stereocenters. The number of hydrazine groups is 1. The highest BCUT2D eigenvalue weighted by Crippen LogP contribution is 2.11. The molecule has 1 saturated heterocycles. The lowest BCUT2D eigenvalue weighted by Crippen LogP contribution is -2.56. The van der Waals surface area contributed by atoms with Gasteiger partial charge in [-0.05, 0) is 13.8 Å². The topological polar surface area (TPSA) is 59.8 Å². The monoisotopic (exact) mass is 217 g/mol. The Balaban J connectivity index is 2.46. The van der Waals surface area contributed by atoms with E-state index >= 15 is 0 Å². The van der Waals surface area contributed by atoms with Crippen molar-refractivity contribution >= 4 is 0 Å². The molecule has 0 aromatic rings. The molecule has 1 aliphatic heterocycles. The van der Waals surface area contributed by atoms with Crippen LogP contribution in [0.15, 0.2) is 0 Å². The maximum Gasteiger partial charge on any atom is 0.0891 e. The van der Waals surface area contributed by atoms with Crippen molar-refractivity contribution in [1.82, 2.24) is 10.3 Å². The summed E-state index contributed by atoms with van der Waals surface area (Å²) in [6, 6.07) is 0.619. The average Bonchev–Trinajstić information content (AvgIpc) is 2.26. The molecule has 5 heteroatoms. The van der Waals surface area contributed by atoms with E-state index in [4.69, 9.17) is 15.3 Å². The van der Waals surface area contributed by atoms with E-state index in [-0.39, 0.29) is 12.1 Å². The lowest BCUT2D eigenvalue weighted by atomic mass is 10.1. The third-order valence-corrected chi connectivity index (χ3v) is 2.86. The zero-order chi connectivity index (χ0) is 11.3. The Morgan fingerprint density at radius 2 is 2.33 bits per heavy atom. The summed E-state index contributed by atoms with van der Waals surface area (Å²) < 4.78 is 10.8. The van der Waals surface area contributed by atoms with Gasteiger partial charge in [0.1, 0.15) is 0 Å². The van der Waals surface area contributed by atoms with Crippen LogP contribution in [0.2, 0.25) is 0 Å². The summed E-state index contributed by atoms with van der Waals surface area (Å²) in [7, 11) is 1.67. The Bertz CT molecular complexity index is 178. The SMILES string of the molecule is COCC(NN)C1CN(C(C)C)CCO1. The Kier molecular flexibility index (Phi) is 5.49. The van der Waals surface area contributed by atoms with E-state index in [0.717, 1.165) is 19.7 Å². The highest BCUT2D eigenvalue weighted by Gasteiger charge is 2.28. The minimum Gasteiger partial charge on any atom is -0.383 e. The molecular weight excluding hydrogens is 194 g/mol. The molecule has 90 valence electrons. The minimum absolute atomic E-state index is 0.0662. The van der Waals surface area contributed by atoms with Gasteiger partial charge in [-0.2, -0.15) is 0 Å². The first-order valence-corrected chi connectivity index (χ1v) is 5.49. The van der Waals surface area contributed by atoms with Gasteiger partial charge >= 0.3 is 0 Å². The number of rotatable bonds is 5. The summed E-state index contributed by atoms with van der Waals surface area (Å²) in [6.45, 7) is 7.65. The molecule has 0 saturated carbocycles. The molecule has 1 aliphatic rings. The fourth-order valence-corrected chi connectivity index (χ4v) is 1.85. The van der Waals surface area contributed by atoms with Crippen LogP contribution in [0.3, 0.4) is 0 Å². The minimum atomic E-state index is 0.0662. The van der Waals surface area contributed by atoms with Crippen molar-refractivity contribution in [2.75, 3.05) is 33.4 Å². The molecule has 15 heavy (non-hydrogen) atoms.